The monoisotopic (exact) mass is 351 g/mol. The lowest BCUT2D eigenvalue weighted by molar-refractivity contribution is -0.120. The maximum Gasteiger partial charge on any atom is 0.268 e. The van der Waals surface area contributed by atoms with Gasteiger partial charge in [0.15, 0.2) is 0 Å². The number of halogens is 2. The summed E-state index contributed by atoms with van der Waals surface area (Å²) in [6, 6.07) is 3.84. The Kier molecular flexibility index (Phi) is 5.55. The molecule has 3 atom stereocenters. The van der Waals surface area contributed by atoms with Crippen molar-refractivity contribution in [3.63, 3.8) is 0 Å². The second-order valence-electron chi connectivity index (χ2n) is 5.44. The summed E-state index contributed by atoms with van der Waals surface area (Å²) < 4.78 is 13.6. The second-order valence-corrected chi connectivity index (χ2v) is 6.00. The van der Waals surface area contributed by atoms with Gasteiger partial charge in [-0.15, -0.1) is 11.6 Å². The first kappa shape index (κ1) is 17.9. The van der Waals surface area contributed by atoms with E-state index in [1.807, 2.05) is 6.07 Å². The van der Waals surface area contributed by atoms with Gasteiger partial charge in [-0.25, -0.2) is 4.39 Å². The van der Waals surface area contributed by atoms with E-state index in [1.165, 1.54) is 12.3 Å². The van der Waals surface area contributed by atoms with Crippen molar-refractivity contribution >= 4 is 23.2 Å². The fourth-order valence-corrected chi connectivity index (χ4v) is 3.09. The molecule has 1 aliphatic heterocycles. The van der Waals surface area contributed by atoms with Gasteiger partial charge in [-0.05, 0) is 19.5 Å². The molecule has 0 aromatic carbocycles. The molecule has 0 aliphatic carbocycles. The third-order valence-corrected chi connectivity index (χ3v) is 4.37. The van der Waals surface area contributed by atoms with Crippen molar-refractivity contribution in [2.75, 3.05) is 19.0 Å². The summed E-state index contributed by atoms with van der Waals surface area (Å²) in [6.07, 6.45) is 1.59. The molecule has 1 N–H and O–H groups in total. The van der Waals surface area contributed by atoms with Gasteiger partial charge in [0.2, 0.25) is 5.91 Å². The molecular formula is C15H15ClFN5O2. The molecule has 9 heteroatoms. The lowest BCUT2D eigenvalue weighted by Crippen LogP contribution is -2.40. The first-order valence-electron chi connectivity index (χ1n) is 7.20. The Bertz CT molecular complexity index is 782. The van der Waals surface area contributed by atoms with E-state index in [4.69, 9.17) is 22.1 Å². The van der Waals surface area contributed by atoms with Crippen molar-refractivity contribution in [3.05, 3.63) is 28.2 Å². The van der Waals surface area contributed by atoms with Crippen LogP contribution in [0.3, 0.4) is 0 Å². The number of anilines is 1. The van der Waals surface area contributed by atoms with Crippen molar-refractivity contribution in [2.24, 2.45) is 0 Å². The molecule has 7 nitrogen and oxygen atoms in total. The number of hydrogen-bond acceptors (Lipinski definition) is 5. The van der Waals surface area contributed by atoms with Gasteiger partial charge in [0.25, 0.3) is 5.56 Å². The van der Waals surface area contributed by atoms with Crippen LogP contribution in [0.4, 0.5) is 10.1 Å². The number of nitrogens with one attached hydrogen (secondary N) is 1. The highest BCUT2D eigenvalue weighted by molar-refractivity contribution is 6.22. The average Bonchev–Trinajstić information content (AvgIpc) is 2.84. The van der Waals surface area contributed by atoms with Crippen molar-refractivity contribution in [3.8, 4) is 12.1 Å². The molecule has 0 saturated carbocycles. The van der Waals surface area contributed by atoms with E-state index in [2.05, 4.69) is 5.32 Å². The van der Waals surface area contributed by atoms with Gasteiger partial charge in [-0.2, -0.15) is 10.5 Å². The van der Waals surface area contributed by atoms with E-state index in [9.17, 15) is 14.0 Å². The van der Waals surface area contributed by atoms with Gasteiger partial charge in [-0.1, -0.05) is 0 Å². The minimum atomic E-state index is -0.773. The lowest BCUT2D eigenvalue weighted by atomic mass is 10.2. The molecule has 0 spiro atoms. The minimum absolute atomic E-state index is 0.189. The Balaban J connectivity index is 2.24. The van der Waals surface area contributed by atoms with Crippen LogP contribution in [0.25, 0.3) is 0 Å². The van der Waals surface area contributed by atoms with E-state index >= 15 is 0 Å². The van der Waals surface area contributed by atoms with E-state index in [-0.39, 0.29) is 17.8 Å². The highest BCUT2D eigenvalue weighted by Crippen LogP contribution is 2.27. The highest BCUT2D eigenvalue weighted by Gasteiger charge is 2.41. The molecule has 1 saturated heterocycles. The zero-order valence-electron chi connectivity index (χ0n) is 12.9. The number of nitriles is 2. The van der Waals surface area contributed by atoms with Gasteiger partial charge in [0.05, 0.1) is 29.7 Å². The topological polar surface area (TPSA) is 102 Å². The molecule has 2 rings (SSSR count). The van der Waals surface area contributed by atoms with Crippen molar-refractivity contribution in [1.82, 2.24) is 9.47 Å². The molecular weight excluding hydrogens is 337 g/mol. The summed E-state index contributed by atoms with van der Waals surface area (Å²) in [5.74, 6) is -0.407. The van der Waals surface area contributed by atoms with Gasteiger partial charge in [-0.3, -0.25) is 14.5 Å². The number of nitrogens with zero attached hydrogens (tertiary/aromatic N) is 4. The van der Waals surface area contributed by atoms with Gasteiger partial charge in [0, 0.05) is 6.20 Å². The first-order valence-corrected chi connectivity index (χ1v) is 7.63. The summed E-state index contributed by atoms with van der Waals surface area (Å²) >= 11 is 6.08. The van der Waals surface area contributed by atoms with Crippen LogP contribution >= 0.6 is 11.6 Å². The minimum Gasteiger partial charge on any atom is -0.323 e. The predicted molar refractivity (Wildman–Crippen MR) is 85.2 cm³/mol. The van der Waals surface area contributed by atoms with Crippen LogP contribution in [-0.4, -0.2) is 46.6 Å². The van der Waals surface area contributed by atoms with Crippen LogP contribution in [0.15, 0.2) is 17.1 Å². The molecule has 1 amide bonds. The molecule has 0 bridgehead atoms. The Morgan fingerprint density at radius 2 is 2.25 bits per heavy atom. The number of aryl methyl sites for hydroxylation is 1. The lowest BCUT2D eigenvalue weighted by Gasteiger charge is -2.21. The zero-order chi connectivity index (χ0) is 17.9. The Morgan fingerprint density at radius 3 is 2.79 bits per heavy atom. The number of amides is 1. The SMILES string of the molecule is CN1C(C(=O)Nc2cc(C#N)c(=O)n(CCF)c2)CC(Cl)C1C#N. The number of carbonyl (C=O) groups is 1. The number of alkyl halides is 2. The largest absolute Gasteiger partial charge is 0.323 e. The van der Waals surface area contributed by atoms with Crippen LogP contribution < -0.4 is 10.9 Å². The van der Waals surface area contributed by atoms with Crippen LogP contribution in [-0.2, 0) is 11.3 Å². The third-order valence-electron chi connectivity index (χ3n) is 3.96. The number of pyridine rings is 1. The summed E-state index contributed by atoms with van der Waals surface area (Å²) in [6.45, 7) is -0.980. The smallest absolute Gasteiger partial charge is 0.268 e. The normalized spacial score (nSPS) is 23.5. The van der Waals surface area contributed by atoms with Crippen LogP contribution in [0.1, 0.15) is 12.0 Å². The van der Waals surface area contributed by atoms with Crippen LogP contribution in [0, 0.1) is 22.7 Å². The van der Waals surface area contributed by atoms with E-state index < -0.39 is 35.6 Å². The molecule has 126 valence electrons. The van der Waals surface area contributed by atoms with Crippen LogP contribution in [0.2, 0.25) is 0 Å². The fraction of sp³-hybridized carbons (Fsp3) is 0.467. The molecule has 0 radical (unpaired) electrons. The Hall–Kier alpha value is -2.42. The Labute approximate surface area is 142 Å². The summed E-state index contributed by atoms with van der Waals surface area (Å²) in [5, 5.41) is 20.2. The predicted octanol–water partition coefficient (Wildman–Crippen LogP) is 0.832. The number of aromatic nitrogens is 1. The Morgan fingerprint density at radius 1 is 1.54 bits per heavy atom. The van der Waals surface area contributed by atoms with Gasteiger partial charge < -0.3 is 9.88 Å². The molecule has 1 aliphatic rings. The van der Waals surface area contributed by atoms with Crippen molar-refractivity contribution in [2.45, 2.75) is 30.4 Å². The van der Waals surface area contributed by atoms with E-state index in [0.29, 0.717) is 6.42 Å². The van der Waals surface area contributed by atoms with Crippen molar-refractivity contribution in [1.29, 1.82) is 10.5 Å². The maximum atomic E-state index is 12.5. The van der Waals surface area contributed by atoms with Gasteiger partial charge >= 0.3 is 0 Å². The summed E-state index contributed by atoms with van der Waals surface area (Å²) in [4.78, 5) is 25.9. The van der Waals surface area contributed by atoms with E-state index in [1.54, 1.807) is 18.0 Å². The van der Waals surface area contributed by atoms with Crippen LogP contribution in [0.5, 0.6) is 0 Å². The maximum absolute atomic E-state index is 12.5. The zero-order valence-corrected chi connectivity index (χ0v) is 13.6. The average molecular weight is 352 g/mol. The van der Waals surface area contributed by atoms with Crippen molar-refractivity contribution < 1.29 is 9.18 Å². The standard InChI is InChI=1S/C15H15ClFN5O2/c1-21-12(5-11(16)13(21)7-19)14(23)20-10-4-9(6-18)15(24)22(8-10)3-2-17/h4,8,11-13H,2-3,5H2,1H3,(H,20,23). The molecule has 1 fully saturated rings. The second kappa shape index (κ2) is 7.43. The number of hydrogen-bond donors (Lipinski definition) is 1. The third kappa shape index (κ3) is 3.40. The number of likely N-dealkylation sites (N-methyl/N-ethyl adjacent to an activating group) is 1. The molecule has 1 aromatic heterocycles. The summed E-state index contributed by atoms with van der Waals surface area (Å²) in [7, 11) is 1.63. The number of rotatable bonds is 4. The fourth-order valence-electron chi connectivity index (χ4n) is 2.69. The summed E-state index contributed by atoms with van der Waals surface area (Å²) in [5.41, 5.74) is -0.591. The number of carbonyl (C=O) groups excluding carboxylic acids is 1. The quantitative estimate of drug-likeness (QED) is 0.809. The molecule has 24 heavy (non-hydrogen) atoms. The van der Waals surface area contributed by atoms with E-state index in [0.717, 1.165) is 4.57 Å². The molecule has 3 unspecified atom stereocenters. The number of likely N-dealkylation sites (tertiary alicyclic amines) is 1. The molecule has 2 heterocycles. The molecule has 1 aromatic rings. The van der Waals surface area contributed by atoms with Gasteiger partial charge in [0.1, 0.15) is 24.3 Å². The highest BCUT2D eigenvalue weighted by atomic mass is 35.5. The first-order chi connectivity index (χ1) is 11.4.